The monoisotopic (exact) mass is 153 g/mol. The third-order valence-corrected chi connectivity index (χ3v) is 1.37. The van der Waals surface area contributed by atoms with E-state index in [-0.39, 0.29) is 0 Å². The van der Waals surface area contributed by atoms with Gasteiger partial charge in [0.05, 0.1) is 0 Å². The molecule has 11 heavy (non-hydrogen) atoms. The van der Waals surface area contributed by atoms with Crippen LogP contribution in [0.4, 0.5) is 0 Å². The number of allylic oxidation sites excluding steroid dienone is 3. The largest absolute Gasteiger partial charge is 0.404 e. The molecule has 0 unspecified atom stereocenters. The molecule has 0 aromatic heterocycles. The summed E-state index contributed by atoms with van der Waals surface area (Å²) in [6.07, 6.45) is 6.95. The number of hydrogen-bond donors (Lipinski definition) is 1. The second-order valence-electron chi connectivity index (χ2n) is 4.08. The SMILES string of the molecule is CC(/C=C\CC(C)(C)C)=C/N. The van der Waals surface area contributed by atoms with Crippen molar-refractivity contribution in [1.29, 1.82) is 0 Å². The minimum Gasteiger partial charge on any atom is -0.404 e. The molecule has 0 aliphatic heterocycles. The first-order valence-electron chi connectivity index (χ1n) is 4.01. The van der Waals surface area contributed by atoms with Crippen molar-refractivity contribution < 1.29 is 0 Å². The maximum absolute atomic E-state index is 5.31. The molecule has 0 saturated carbocycles. The van der Waals surface area contributed by atoms with Gasteiger partial charge in [0.25, 0.3) is 0 Å². The molecule has 1 heteroatoms. The predicted molar refractivity (Wildman–Crippen MR) is 51.2 cm³/mol. The topological polar surface area (TPSA) is 26.0 Å². The van der Waals surface area contributed by atoms with Gasteiger partial charge in [-0.25, -0.2) is 0 Å². The van der Waals surface area contributed by atoms with E-state index in [2.05, 4.69) is 32.9 Å². The molecule has 0 rings (SSSR count). The Morgan fingerprint density at radius 1 is 1.36 bits per heavy atom. The zero-order valence-electron chi connectivity index (χ0n) is 8.02. The van der Waals surface area contributed by atoms with Gasteiger partial charge in [-0.2, -0.15) is 0 Å². The first-order chi connectivity index (χ1) is 4.95. The van der Waals surface area contributed by atoms with E-state index >= 15 is 0 Å². The van der Waals surface area contributed by atoms with Gasteiger partial charge in [0, 0.05) is 0 Å². The second kappa shape index (κ2) is 4.22. The van der Waals surface area contributed by atoms with Crippen molar-refractivity contribution in [3.63, 3.8) is 0 Å². The maximum Gasteiger partial charge on any atom is -0.00327 e. The summed E-state index contributed by atoms with van der Waals surface area (Å²) in [5, 5.41) is 0. The van der Waals surface area contributed by atoms with Crippen LogP contribution in [-0.2, 0) is 0 Å². The van der Waals surface area contributed by atoms with Crippen molar-refractivity contribution in [2.45, 2.75) is 34.1 Å². The van der Waals surface area contributed by atoms with Crippen molar-refractivity contribution in [2.75, 3.05) is 0 Å². The Morgan fingerprint density at radius 2 is 1.91 bits per heavy atom. The normalized spacial score (nSPS) is 14.4. The van der Waals surface area contributed by atoms with Gasteiger partial charge >= 0.3 is 0 Å². The van der Waals surface area contributed by atoms with E-state index < -0.39 is 0 Å². The van der Waals surface area contributed by atoms with Crippen LogP contribution in [0.15, 0.2) is 23.9 Å². The quantitative estimate of drug-likeness (QED) is 0.606. The van der Waals surface area contributed by atoms with Crippen LogP contribution < -0.4 is 5.73 Å². The van der Waals surface area contributed by atoms with Gasteiger partial charge in [0.2, 0.25) is 0 Å². The molecule has 0 heterocycles. The summed E-state index contributed by atoms with van der Waals surface area (Å²) in [5.41, 5.74) is 6.81. The lowest BCUT2D eigenvalue weighted by Crippen LogP contribution is -2.01. The fourth-order valence-corrected chi connectivity index (χ4v) is 0.654. The second-order valence-corrected chi connectivity index (χ2v) is 4.08. The molecule has 0 fully saturated rings. The molecular formula is C10H19N. The smallest absolute Gasteiger partial charge is 0.00327 e. The lowest BCUT2D eigenvalue weighted by molar-refractivity contribution is 0.420. The summed E-state index contributed by atoms with van der Waals surface area (Å²) in [6.45, 7) is 8.66. The first-order valence-corrected chi connectivity index (χ1v) is 4.01. The van der Waals surface area contributed by atoms with Gasteiger partial charge in [-0.3, -0.25) is 0 Å². The molecule has 0 amide bonds. The summed E-state index contributed by atoms with van der Waals surface area (Å²) in [7, 11) is 0. The molecular weight excluding hydrogens is 134 g/mol. The highest BCUT2D eigenvalue weighted by atomic mass is 14.5. The number of nitrogens with two attached hydrogens (primary N) is 1. The summed E-state index contributed by atoms with van der Waals surface area (Å²) in [4.78, 5) is 0. The summed E-state index contributed by atoms with van der Waals surface area (Å²) in [5.74, 6) is 0. The van der Waals surface area contributed by atoms with Crippen molar-refractivity contribution in [3.8, 4) is 0 Å². The van der Waals surface area contributed by atoms with Gasteiger partial charge < -0.3 is 5.73 Å². The van der Waals surface area contributed by atoms with Crippen LogP contribution in [0.1, 0.15) is 34.1 Å². The zero-order valence-corrected chi connectivity index (χ0v) is 8.02. The maximum atomic E-state index is 5.31. The van der Waals surface area contributed by atoms with E-state index in [1.54, 1.807) is 6.20 Å². The average Bonchev–Trinajstić information content (AvgIpc) is 1.85. The van der Waals surface area contributed by atoms with Gasteiger partial charge in [0.1, 0.15) is 0 Å². The molecule has 0 spiro atoms. The van der Waals surface area contributed by atoms with Gasteiger partial charge in [0.15, 0.2) is 0 Å². The van der Waals surface area contributed by atoms with E-state index in [1.165, 1.54) is 0 Å². The summed E-state index contributed by atoms with van der Waals surface area (Å²) in [6, 6.07) is 0. The van der Waals surface area contributed by atoms with Crippen LogP contribution in [-0.4, -0.2) is 0 Å². The fourth-order valence-electron chi connectivity index (χ4n) is 0.654. The van der Waals surface area contributed by atoms with E-state index in [0.717, 1.165) is 12.0 Å². The Morgan fingerprint density at radius 3 is 2.27 bits per heavy atom. The third kappa shape index (κ3) is 7.17. The van der Waals surface area contributed by atoms with E-state index in [0.29, 0.717) is 5.41 Å². The van der Waals surface area contributed by atoms with Gasteiger partial charge in [-0.15, -0.1) is 0 Å². The minimum atomic E-state index is 0.380. The molecule has 0 saturated heterocycles. The lowest BCUT2D eigenvalue weighted by Gasteiger charge is -2.14. The van der Waals surface area contributed by atoms with Crippen LogP contribution in [0.25, 0.3) is 0 Å². The minimum absolute atomic E-state index is 0.380. The molecule has 0 aliphatic rings. The highest BCUT2D eigenvalue weighted by Crippen LogP contribution is 2.18. The number of rotatable bonds is 2. The highest BCUT2D eigenvalue weighted by Gasteiger charge is 2.05. The molecule has 2 N–H and O–H groups in total. The molecule has 0 aromatic carbocycles. The Labute approximate surface area is 70.0 Å². The van der Waals surface area contributed by atoms with Crippen LogP contribution in [0.2, 0.25) is 0 Å². The standard InChI is InChI=1S/C10H19N/c1-9(8-11)6-5-7-10(2,3)4/h5-6,8H,7,11H2,1-4H3/b6-5-,9-8-. The van der Waals surface area contributed by atoms with Crippen molar-refractivity contribution >= 4 is 0 Å². The molecule has 64 valence electrons. The third-order valence-electron chi connectivity index (χ3n) is 1.37. The van der Waals surface area contributed by atoms with Crippen LogP contribution >= 0.6 is 0 Å². The lowest BCUT2D eigenvalue weighted by atomic mass is 9.92. The Bertz CT molecular complexity index is 158. The fraction of sp³-hybridized carbons (Fsp3) is 0.600. The summed E-state index contributed by atoms with van der Waals surface area (Å²) >= 11 is 0. The molecule has 0 bridgehead atoms. The van der Waals surface area contributed by atoms with Crippen LogP contribution in [0, 0.1) is 5.41 Å². The van der Waals surface area contributed by atoms with Crippen molar-refractivity contribution in [3.05, 3.63) is 23.9 Å². The van der Waals surface area contributed by atoms with E-state index in [9.17, 15) is 0 Å². The summed E-state index contributed by atoms with van der Waals surface area (Å²) < 4.78 is 0. The Hall–Kier alpha value is -0.720. The van der Waals surface area contributed by atoms with E-state index in [1.807, 2.05) is 6.92 Å². The molecule has 0 radical (unpaired) electrons. The van der Waals surface area contributed by atoms with Crippen LogP contribution in [0.5, 0.6) is 0 Å². The zero-order chi connectivity index (χ0) is 8.91. The first kappa shape index (κ1) is 10.3. The number of hydrogen-bond acceptors (Lipinski definition) is 1. The average molecular weight is 153 g/mol. The molecule has 0 aliphatic carbocycles. The van der Waals surface area contributed by atoms with Crippen molar-refractivity contribution in [2.24, 2.45) is 11.1 Å². The van der Waals surface area contributed by atoms with Crippen LogP contribution in [0.3, 0.4) is 0 Å². The van der Waals surface area contributed by atoms with Gasteiger partial charge in [-0.1, -0.05) is 32.9 Å². The van der Waals surface area contributed by atoms with Gasteiger partial charge in [-0.05, 0) is 30.5 Å². The van der Waals surface area contributed by atoms with Crippen molar-refractivity contribution in [1.82, 2.24) is 0 Å². The Balaban J connectivity index is 3.79. The highest BCUT2D eigenvalue weighted by molar-refractivity contribution is 5.14. The Kier molecular flexibility index (Phi) is 3.94. The molecule has 0 aromatic rings. The molecule has 0 atom stereocenters. The molecule has 1 nitrogen and oxygen atoms in total. The predicted octanol–water partition coefficient (Wildman–Crippen LogP) is 2.84. The van der Waals surface area contributed by atoms with E-state index in [4.69, 9.17) is 5.73 Å².